The molecule has 3 heterocycles. The van der Waals surface area contributed by atoms with E-state index in [0.29, 0.717) is 5.69 Å². The Kier molecular flexibility index (Phi) is 3.01. The van der Waals surface area contributed by atoms with Gasteiger partial charge >= 0.3 is 0 Å². The summed E-state index contributed by atoms with van der Waals surface area (Å²) in [5.41, 5.74) is -3.17. The molecule has 0 radical (unpaired) electrons. The average Bonchev–Trinajstić information content (AvgIpc) is 4.05. The van der Waals surface area contributed by atoms with Crippen molar-refractivity contribution in [2.45, 2.75) is 0 Å². The predicted molar refractivity (Wildman–Crippen MR) is 215 cm³/mol. The molecule has 0 aliphatic rings. The molecule has 0 N–H and O–H groups in total. The van der Waals surface area contributed by atoms with Crippen LogP contribution in [0.5, 0.6) is 0 Å². The van der Waals surface area contributed by atoms with E-state index in [-0.39, 0.29) is 55.3 Å². The molecule has 11 aromatic rings. The van der Waals surface area contributed by atoms with Crippen LogP contribution in [0.25, 0.3) is 93.6 Å². The van der Waals surface area contributed by atoms with Crippen LogP contribution in [0.15, 0.2) is 188 Å². The maximum Gasteiger partial charge on any atom is 0.0667 e. The van der Waals surface area contributed by atoms with Crippen LogP contribution in [0, 0.1) is 0 Å². The Morgan fingerprint density at radius 3 is 1.29 bits per heavy atom. The molecule has 0 saturated heterocycles. The molecule has 0 aliphatic heterocycles. The lowest BCUT2D eigenvalue weighted by atomic mass is 10.0. The fourth-order valence-corrected chi connectivity index (χ4v) is 6.74. The maximum atomic E-state index is 9.97. The fourth-order valence-electron chi connectivity index (χ4n) is 6.74. The highest BCUT2D eigenvalue weighted by Gasteiger charge is 2.18. The number of hydrogen-bond donors (Lipinski definition) is 0. The van der Waals surface area contributed by atoms with E-state index in [9.17, 15) is 15.1 Å². The zero-order valence-corrected chi connectivity index (χ0v) is 26.0. The second-order valence-corrected chi connectivity index (χ2v) is 11.7. The summed E-state index contributed by atoms with van der Waals surface area (Å²) < 4.78 is 205. The van der Waals surface area contributed by atoms with Crippen LogP contribution in [-0.2, 0) is 0 Å². The lowest BCUT2D eigenvalue weighted by Crippen LogP contribution is -1.96. The number of hydrogen-bond acceptors (Lipinski definition) is 0. The topological polar surface area (TPSA) is 14.8 Å². The molecule has 3 nitrogen and oxygen atoms in total. The number of fused-ring (bicyclic) bond motifs is 9. The van der Waals surface area contributed by atoms with E-state index in [4.69, 9.17) is 15.1 Å². The molecule has 0 bridgehead atoms. The first-order valence-electron chi connectivity index (χ1n) is 26.7. The van der Waals surface area contributed by atoms with Gasteiger partial charge < -0.3 is 13.7 Å². The molecule has 8 aromatic carbocycles. The SMILES string of the molecule is [2H]c1ccc(-n2c3c([2H])c([2H])c([2H])c([2H])c3c3c([2H])c([2H])c(-n4c5c([2H])c([2H])c([2H])c([2H])c5c5c([2H])c(-c6c([2H])c([2H])c7c(c6[2H])c6c([2H])c([2H])c([2H])c([2H])c6n7-c6ccccc6)c([2H])c([2H])c54)c([2H])c32)cc1. The van der Waals surface area contributed by atoms with Gasteiger partial charge in [0.25, 0.3) is 0 Å². The Balaban J connectivity index is 1.34. The zero-order chi connectivity index (χ0) is 52.6. The molecule has 238 valence electrons. The summed E-state index contributed by atoms with van der Waals surface area (Å²) in [5.74, 6) is 0. The molecule has 0 unspecified atom stereocenters. The van der Waals surface area contributed by atoms with Crippen molar-refractivity contribution in [1.29, 1.82) is 0 Å². The molecule has 0 amide bonds. The van der Waals surface area contributed by atoms with Crippen molar-refractivity contribution < 1.29 is 30.2 Å². The third-order valence-electron chi connectivity index (χ3n) is 8.91. The third kappa shape index (κ3) is 4.12. The Morgan fingerprint density at radius 2 is 0.725 bits per heavy atom. The van der Waals surface area contributed by atoms with Crippen LogP contribution in [0.1, 0.15) is 30.2 Å². The standard InChI is InChI=1S/C48H31N3/c1-3-13-34(14-4-1)49-44-21-11-8-18-38(44)41-29-32(23-27-46(41)49)33-24-28-47-42(30-33)39-19-9-12-22-45(39)51(47)36-25-26-40-37-17-7-10-20-43(37)50(48(40)31-36)35-15-5-2-6-16-35/h1-31H/i2D,7D,8D,9D,10D,11D,12D,17D,18D,19D,20D,21D,22D,23D,24D,25D,26D,27D,28D,29D,30D,31D. The van der Waals surface area contributed by atoms with Gasteiger partial charge in [-0.2, -0.15) is 0 Å². The predicted octanol–water partition coefficient (Wildman–Crippen LogP) is 12.6. The molecule has 0 saturated carbocycles. The summed E-state index contributed by atoms with van der Waals surface area (Å²) in [6.07, 6.45) is 0. The van der Waals surface area contributed by atoms with Gasteiger partial charge in [0.1, 0.15) is 0 Å². The first-order chi connectivity index (χ1) is 34.5. The van der Waals surface area contributed by atoms with Crippen molar-refractivity contribution in [2.24, 2.45) is 0 Å². The molecule has 51 heavy (non-hydrogen) atoms. The number of aromatic nitrogens is 3. The lowest BCUT2D eigenvalue weighted by Gasteiger charge is -2.11. The second-order valence-electron chi connectivity index (χ2n) is 11.7. The average molecular weight is 672 g/mol. The largest absolute Gasteiger partial charge is 0.309 e. The number of rotatable bonds is 4. The Hall–Kier alpha value is -6.84. The highest BCUT2D eigenvalue weighted by molar-refractivity contribution is 6.14. The summed E-state index contributed by atoms with van der Waals surface area (Å²) >= 11 is 0. The molecule has 0 aliphatic carbocycles. The smallest absolute Gasteiger partial charge is 0.0667 e. The van der Waals surface area contributed by atoms with E-state index in [1.165, 1.54) is 33.4 Å². The van der Waals surface area contributed by atoms with E-state index in [0.717, 1.165) is 4.57 Å². The van der Waals surface area contributed by atoms with Crippen LogP contribution in [-0.4, -0.2) is 13.7 Å². The number of para-hydroxylation sites is 5. The van der Waals surface area contributed by atoms with Gasteiger partial charge in [-0.25, -0.2) is 0 Å². The highest BCUT2D eigenvalue weighted by atomic mass is 15.0. The van der Waals surface area contributed by atoms with E-state index in [1.807, 2.05) is 0 Å². The van der Waals surface area contributed by atoms with Crippen molar-refractivity contribution in [3.8, 4) is 28.2 Å². The van der Waals surface area contributed by atoms with E-state index in [1.54, 1.807) is 30.3 Å². The van der Waals surface area contributed by atoms with Crippen molar-refractivity contribution in [3.05, 3.63) is 188 Å². The zero-order valence-electron chi connectivity index (χ0n) is 48.0. The van der Waals surface area contributed by atoms with Gasteiger partial charge in [-0.3, -0.25) is 0 Å². The molecule has 11 rings (SSSR count). The van der Waals surface area contributed by atoms with Gasteiger partial charge in [0, 0.05) is 49.4 Å². The summed E-state index contributed by atoms with van der Waals surface area (Å²) in [4.78, 5) is 0. The van der Waals surface area contributed by atoms with Crippen molar-refractivity contribution >= 4 is 65.4 Å². The second kappa shape index (κ2) is 10.8. The molecular weight excluding hydrogens is 619 g/mol. The summed E-state index contributed by atoms with van der Waals surface area (Å²) in [7, 11) is 0. The number of benzene rings is 8. The molecule has 0 atom stereocenters. The van der Waals surface area contributed by atoms with E-state index in [2.05, 4.69) is 0 Å². The summed E-state index contributed by atoms with van der Waals surface area (Å²) in [6, 6.07) is -0.994. The Morgan fingerprint density at radius 1 is 0.294 bits per heavy atom. The molecule has 3 aromatic heterocycles. The van der Waals surface area contributed by atoms with Gasteiger partial charge in [0.2, 0.25) is 0 Å². The van der Waals surface area contributed by atoms with E-state index >= 15 is 0 Å². The summed E-state index contributed by atoms with van der Waals surface area (Å²) in [6.45, 7) is 0. The minimum atomic E-state index is -0.884. The lowest BCUT2D eigenvalue weighted by molar-refractivity contribution is 1.15. The maximum absolute atomic E-state index is 9.97. The first-order valence-corrected chi connectivity index (χ1v) is 15.7. The summed E-state index contributed by atoms with van der Waals surface area (Å²) in [5, 5.41) is -1.89. The van der Waals surface area contributed by atoms with E-state index < -0.39 is 166 Å². The Labute approximate surface area is 325 Å². The molecule has 3 heteroatoms. The van der Waals surface area contributed by atoms with Crippen LogP contribution >= 0.6 is 0 Å². The first kappa shape index (κ1) is 14.2. The molecular formula is C48H31N3. The van der Waals surface area contributed by atoms with Gasteiger partial charge in [-0.15, -0.1) is 0 Å². The van der Waals surface area contributed by atoms with Crippen LogP contribution in [0.4, 0.5) is 0 Å². The minimum absolute atomic E-state index is 0.0627. The fraction of sp³-hybridized carbons (Fsp3) is 0. The highest BCUT2D eigenvalue weighted by Crippen LogP contribution is 2.40. The number of nitrogens with zero attached hydrogens (tertiary/aromatic N) is 3. The van der Waals surface area contributed by atoms with Gasteiger partial charge in [0.15, 0.2) is 0 Å². The van der Waals surface area contributed by atoms with Crippen LogP contribution in [0.2, 0.25) is 0 Å². The van der Waals surface area contributed by atoms with Crippen molar-refractivity contribution in [1.82, 2.24) is 13.7 Å². The van der Waals surface area contributed by atoms with Gasteiger partial charge in [0.05, 0.1) is 63.3 Å². The third-order valence-corrected chi connectivity index (χ3v) is 8.91. The van der Waals surface area contributed by atoms with Crippen molar-refractivity contribution in [2.75, 3.05) is 0 Å². The molecule has 0 fully saturated rings. The minimum Gasteiger partial charge on any atom is -0.309 e. The van der Waals surface area contributed by atoms with Crippen LogP contribution < -0.4 is 0 Å². The normalized spacial score (nSPS) is 18.0. The van der Waals surface area contributed by atoms with Crippen LogP contribution in [0.3, 0.4) is 0 Å². The molecule has 0 spiro atoms. The van der Waals surface area contributed by atoms with Gasteiger partial charge in [-0.05, 0) is 89.8 Å². The van der Waals surface area contributed by atoms with Gasteiger partial charge in [-0.1, -0.05) is 109 Å². The van der Waals surface area contributed by atoms with Crippen molar-refractivity contribution in [3.63, 3.8) is 0 Å². The monoisotopic (exact) mass is 671 g/mol. The Bertz CT molecular complexity index is 4380. The quantitative estimate of drug-likeness (QED) is 0.177.